The van der Waals surface area contributed by atoms with Crippen molar-refractivity contribution in [2.75, 3.05) is 0 Å². The number of ketones is 1. The quantitative estimate of drug-likeness (QED) is 0.595. The van der Waals surface area contributed by atoms with Crippen LogP contribution in [-0.2, 0) is 13.5 Å². The largest absolute Gasteiger partial charge is 0.356 e. The van der Waals surface area contributed by atoms with E-state index in [9.17, 15) is 4.79 Å². The minimum Gasteiger partial charge on any atom is -0.356 e. The third-order valence-electron chi connectivity index (χ3n) is 2.92. The Morgan fingerprint density at radius 2 is 2.08 bits per heavy atom. The average molecular weight is 177 g/mol. The van der Waals surface area contributed by atoms with E-state index in [1.54, 1.807) is 0 Å². The highest BCUT2D eigenvalue weighted by Crippen LogP contribution is 2.34. The Morgan fingerprint density at radius 1 is 1.38 bits per heavy atom. The summed E-state index contributed by atoms with van der Waals surface area (Å²) in [6.07, 6.45) is 6.01. The first-order valence-electron chi connectivity index (χ1n) is 4.70. The molecular formula is C11H15NO. The van der Waals surface area contributed by atoms with E-state index in [2.05, 4.69) is 6.20 Å². The molecule has 0 aliphatic heterocycles. The summed E-state index contributed by atoms with van der Waals surface area (Å²) < 4.78 is 1.98. The second kappa shape index (κ2) is 2.47. The first kappa shape index (κ1) is 8.54. The molecule has 1 aliphatic carbocycles. The lowest BCUT2D eigenvalue weighted by atomic mass is 9.75. The molecule has 1 aliphatic rings. The molecule has 13 heavy (non-hydrogen) atoms. The molecule has 0 N–H and O–H groups in total. The molecular weight excluding hydrogens is 162 g/mol. The molecule has 0 radical (unpaired) electrons. The van der Waals surface area contributed by atoms with Gasteiger partial charge in [0.15, 0.2) is 5.78 Å². The van der Waals surface area contributed by atoms with Crippen molar-refractivity contribution in [3.8, 4) is 0 Å². The number of fused-ring (bicyclic) bond motifs is 1. The van der Waals surface area contributed by atoms with E-state index in [1.165, 1.54) is 5.56 Å². The summed E-state index contributed by atoms with van der Waals surface area (Å²) in [4.78, 5) is 11.9. The number of Topliss-reactive ketones (excluding diaryl/α,β-unsaturated/α-hetero) is 1. The zero-order valence-corrected chi connectivity index (χ0v) is 8.42. The maximum atomic E-state index is 11.9. The molecule has 0 saturated carbocycles. The van der Waals surface area contributed by atoms with Gasteiger partial charge in [0.25, 0.3) is 0 Å². The van der Waals surface area contributed by atoms with E-state index in [1.807, 2.05) is 31.7 Å². The predicted molar refractivity (Wildman–Crippen MR) is 51.8 cm³/mol. The van der Waals surface area contributed by atoms with Crippen LogP contribution in [0.25, 0.3) is 0 Å². The smallest absolute Gasteiger partial charge is 0.170 e. The summed E-state index contributed by atoms with van der Waals surface area (Å²) in [5, 5.41) is 0. The molecule has 0 saturated heterocycles. The van der Waals surface area contributed by atoms with Crippen LogP contribution in [0, 0.1) is 5.41 Å². The number of aromatic nitrogens is 1. The third-order valence-corrected chi connectivity index (χ3v) is 2.92. The van der Waals surface area contributed by atoms with Gasteiger partial charge >= 0.3 is 0 Å². The second-order valence-electron chi connectivity index (χ2n) is 4.58. The van der Waals surface area contributed by atoms with Crippen LogP contribution in [0.2, 0.25) is 0 Å². The standard InChI is InChI=1S/C11H15NO/c1-11(2)5-4-8-6-12(3)7-9(8)10(11)13/h6-7H,4-5H2,1-3H3. The van der Waals surface area contributed by atoms with Crippen LogP contribution in [0.3, 0.4) is 0 Å². The van der Waals surface area contributed by atoms with Crippen LogP contribution in [0.5, 0.6) is 0 Å². The Hall–Kier alpha value is -1.05. The summed E-state index contributed by atoms with van der Waals surface area (Å²) in [7, 11) is 1.97. The van der Waals surface area contributed by atoms with Gasteiger partial charge in [0.05, 0.1) is 0 Å². The minimum atomic E-state index is -0.158. The van der Waals surface area contributed by atoms with Gasteiger partial charge in [0.2, 0.25) is 0 Å². The number of hydrogen-bond acceptors (Lipinski definition) is 1. The number of hydrogen-bond donors (Lipinski definition) is 0. The summed E-state index contributed by atoms with van der Waals surface area (Å²) in [5.74, 6) is 0.300. The van der Waals surface area contributed by atoms with Crippen molar-refractivity contribution < 1.29 is 4.79 Å². The van der Waals surface area contributed by atoms with Crippen LogP contribution in [0.4, 0.5) is 0 Å². The maximum Gasteiger partial charge on any atom is 0.170 e. The molecule has 2 rings (SSSR count). The molecule has 0 atom stereocenters. The van der Waals surface area contributed by atoms with E-state index >= 15 is 0 Å². The highest BCUT2D eigenvalue weighted by molar-refractivity contribution is 6.02. The van der Waals surface area contributed by atoms with Crippen LogP contribution < -0.4 is 0 Å². The van der Waals surface area contributed by atoms with Crippen molar-refractivity contribution in [2.45, 2.75) is 26.7 Å². The Balaban J connectivity index is 2.51. The molecule has 0 spiro atoms. The third kappa shape index (κ3) is 1.21. The van der Waals surface area contributed by atoms with Crippen LogP contribution >= 0.6 is 0 Å². The Bertz CT molecular complexity index is 360. The zero-order valence-electron chi connectivity index (χ0n) is 8.42. The SMILES string of the molecule is Cn1cc2c(c1)C(=O)C(C)(C)CC2. The fourth-order valence-corrected chi connectivity index (χ4v) is 1.97. The number of rotatable bonds is 0. The fourth-order valence-electron chi connectivity index (χ4n) is 1.97. The summed E-state index contributed by atoms with van der Waals surface area (Å²) >= 11 is 0. The average Bonchev–Trinajstić information content (AvgIpc) is 2.40. The molecule has 0 fully saturated rings. The Morgan fingerprint density at radius 3 is 2.77 bits per heavy atom. The van der Waals surface area contributed by atoms with Gasteiger partial charge in [-0.2, -0.15) is 0 Å². The monoisotopic (exact) mass is 177 g/mol. The van der Waals surface area contributed by atoms with E-state index < -0.39 is 0 Å². The number of carbonyl (C=O) groups is 1. The number of carbonyl (C=O) groups excluding carboxylic acids is 1. The minimum absolute atomic E-state index is 0.158. The lowest BCUT2D eigenvalue weighted by Gasteiger charge is -2.27. The van der Waals surface area contributed by atoms with Crippen molar-refractivity contribution in [1.82, 2.24) is 4.57 Å². The molecule has 0 amide bonds. The van der Waals surface area contributed by atoms with E-state index in [0.717, 1.165) is 18.4 Å². The fraction of sp³-hybridized carbons (Fsp3) is 0.545. The van der Waals surface area contributed by atoms with Gasteiger partial charge in [-0.05, 0) is 18.4 Å². The topological polar surface area (TPSA) is 22.0 Å². The van der Waals surface area contributed by atoms with Crippen molar-refractivity contribution in [3.63, 3.8) is 0 Å². The Kier molecular flexibility index (Phi) is 1.62. The van der Waals surface area contributed by atoms with E-state index in [0.29, 0.717) is 5.78 Å². The maximum absolute atomic E-state index is 11.9. The van der Waals surface area contributed by atoms with Gasteiger partial charge in [-0.1, -0.05) is 13.8 Å². The second-order valence-corrected chi connectivity index (χ2v) is 4.58. The molecule has 1 aromatic heterocycles. The first-order chi connectivity index (χ1) is 6.00. The molecule has 0 unspecified atom stereocenters. The van der Waals surface area contributed by atoms with E-state index in [-0.39, 0.29) is 5.41 Å². The molecule has 0 aromatic carbocycles. The van der Waals surface area contributed by atoms with Gasteiger partial charge in [-0.15, -0.1) is 0 Å². The molecule has 1 heterocycles. The molecule has 0 bridgehead atoms. The normalized spacial score (nSPS) is 20.1. The van der Waals surface area contributed by atoms with Crippen LogP contribution in [0.1, 0.15) is 36.2 Å². The van der Waals surface area contributed by atoms with Gasteiger partial charge in [0.1, 0.15) is 0 Å². The van der Waals surface area contributed by atoms with Gasteiger partial charge in [-0.3, -0.25) is 4.79 Å². The lowest BCUT2D eigenvalue weighted by Crippen LogP contribution is -2.29. The number of nitrogens with zero attached hydrogens (tertiary/aromatic N) is 1. The van der Waals surface area contributed by atoms with Crippen LogP contribution in [0.15, 0.2) is 12.4 Å². The van der Waals surface area contributed by atoms with Crippen molar-refractivity contribution >= 4 is 5.78 Å². The Labute approximate surface area is 78.6 Å². The zero-order chi connectivity index (χ0) is 9.64. The van der Waals surface area contributed by atoms with Crippen molar-refractivity contribution in [2.24, 2.45) is 12.5 Å². The number of aryl methyl sites for hydroxylation is 2. The van der Waals surface area contributed by atoms with Gasteiger partial charge < -0.3 is 4.57 Å². The summed E-state index contributed by atoms with van der Waals surface area (Å²) in [6.45, 7) is 4.07. The van der Waals surface area contributed by atoms with Crippen LogP contribution in [-0.4, -0.2) is 10.4 Å². The van der Waals surface area contributed by atoms with Crippen molar-refractivity contribution in [3.05, 3.63) is 23.5 Å². The lowest BCUT2D eigenvalue weighted by molar-refractivity contribution is 0.0812. The first-order valence-corrected chi connectivity index (χ1v) is 4.70. The summed E-state index contributed by atoms with van der Waals surface area (Å²) in [6, 6.07) is 0. The predicted octanol–water partition coefficient (Wildman–Crippen LogP) is 2.18. The van der Waals surface area contributed by atoms with Gasteiger partial charge in [0, 0.05) is 30.4 Å². The van der Waals surface area contributed by atoms with E-state index in [4.69, 9.17) is 0 Å². The van der Waals surface area contributed by atoms with Gasteiger partial charge in [-0.25, -0.2) is 0 Å². The molecule has 2 heteroatoms. The highest BCUT2D eigenvalue weighted by Gasteiger charge is 2.34. The van der Waals surface area contributed by atoms with Crippen molar-refractivity contribution in [1.29, 1.82) is 0 Å². The molecule has 70 valence electrons. The molecule has 1 aromatic rings. The highest BCUT2D eigenvalue weighted by atomic mass is 16.1. The molecule has 2 nitrogen and oxygen atoms in total. The summed E-state index contributed by atoms with van der Waals surface area (Å²) in [5.41, 5.74) is 1.99.